The van der Waals surface area contributed by atoms with E-state index >= 15 is 0 Å². The fourth-order valence-corrected chi connectivity index (χ4v) is 3.54. The van der Waals surface area contributed by atoms with Gasteiger partial charge in [-0.25, -0.2) is 25.9 Å². The standard InChI is InChI=1S/C10H23N3O4S2/c1-18(14,15)12-6-5-11-8-10-4-3-7-13(9-10)19(2,16)17/h10-12H,3-9H2,1-2H3. The molecule has 0 spiro atoms. The largest absolute Gasteiger partial charge is 0.315 e. The van der Waals surface area contributed by atoms with Gasteiger partial charge >= 0.3 is 0 Å². The maximum absolute atomic E-state index is 11.4. The predicted molar refractivity (Wildman–Crippen MR) is 74.9 cm³/mol. The van der Waals surface area contributed by atoms with Gasteiger partial charge in [0, 0.05) is 26.2 Å². The van der Waals surface area contributed by atoms with E-state index in [1.165, 1.54) is 10.6 Å². The molecule has 0 aromatic carbocycles. The Labute approximate surface area is 115 Å². The van der Waals surface area contributed by atoms with Crippen LogP contribution in [0.25, 0.3) is 0 Å². The topological polar surface area (TPSA) is 95.6 Å². The van der Waals surface area contributed by atoms with Gasteiger partial charge in [0.25, 0.3) is 0 Å². The molecule has 1 fully saturated rings. The van der Waals surface area contributed by atoms with Crippen LogP contribution in [0.15, 0.2) is 0 Å². The monoisotopic (exact) mass is 313 g/mol. The van der Waals surface area contributed by atoms with Gasteiger partial charge < -0.3 is 5.32 Å². The Kier molecular flexibility index (Phi) is 6.18. The number of rotatable bonds is 7. The molecule has 0 aromatic rings. The van der Waals surface area contributed by atoms with E-state index in [2.05, 4.69) is 10.0 Å². The summed E-state index contributed by atoms with van der Waals surface area (Å²) in [5.74, 6) is 0.293. The lowest BCUT2D eigenvalue weighted by Gasteiger charge is -2.31. The first-order valence-electron chi connectivity index (χ1n) is 6.29. The predicted octanol–water partition coefficient (Wildman–Crippen LogP) is -1.20. The van der Waals surface area contributed by atoms with Crippen molar-refractivity contribution in [2.45, 2.75) is 12.8 Å². The van der Waals surface area contributed by atoms with E-state index in [4.69, 9.17) is 0 Å². The second kappa shape index (κ2) is 6.98. The second-order valence-corrected chi connectivity index (χ2v) is 8.82. The Balaban J connectivity index is 2.23. The molecule has 1 aliphatic rings. The first-order chi connectivity index (χ1) is 8.68. The normalized spacial score (nSPS) is 22.5. The summed E-state index contributed by atoms with van der Waals surface area (Å²) in [6.45, 7) is 2.75. The van der Waals surface area contributed by atoms with Crippen molar-refractivity contribution in [1.29, 1.82) is 0 Å². The lowest BCUT2D eigenvalue weighted by Crippen LogP contribution is -2.43. The average molecular weight is 313 g/mol. The molecule has 1 unspecified atom stereocenters. The average Bonchev–Trinajstić information content (AvgIpc) is 2.26. The van der Waals surface area contributed by atoms with E-state index in [1.54, 1.807) is 0 Å². The quantitative estimate of drug-likeness (QED) is 0.576. The number of piperidine rings is 1. The highest BCUT2D eigenvalue weighted by Crippen LogP contribution is 2.17. The van der Waals surface area contributed by atoms with E-state index < -0.39 is 20.0 Å². The third kappa shape index (κ3) is 7.21. The highest BCUT2D eigenvalue weighted by molar-refractivity contribution is 7.88. The van der Waals surface area contributed by atoms with E-state index in [1.807, 2.05) is 0 Å². The molecule has 0 amide bonds. The zero-order valence-corrected chi connectivity index (χ0v) is 13.1. The van der Waals surface area contributed by atoms with Crippen molar-refractivity contribution in [3.05, 3.63) is 0 Å². The summed E-state index contributed by atoms with van der Waals surface area (Å²) < 4.78 is 48.5. The van der Waals surface area contributed by atoms with Gasteiger partial charge in [0.1, 0.15) is 0 Å². The molecule has 19 heavy (non-hydrogen) atoms. The molecular weight excluding hydrogens is 290 g/mol. The SMILES string of the molecule is CS(=O)(=O)NCCNCC1CCCN(S(C)(=O)=O)C1. The Hall–Kier alpha value is -0.220. The number of nitrogens with zero attached hydrogens (tertiary/aromatic N) is 1. The van der Waals surface area contributed by atoms with Crippen molar-refractivity contribution in [2.75, 3.05) is 45.2 Å². The smallest absolute Gasteiger partial charge is 0.211 e. The summed E-state index contributed by atoms with van der Waals surface area (Å²) >= 11 is 0. The third-order valence-corrected chi connectivity index (χ3v) is 5.05. The Morgan fingerprint density at radius 3 is 2.42 bits per heavy atom. The Morgan fingerprint density at radius 2 is 1.84 bits per heavy atom. The molecule has 1 saturated heterocycles. The van der Waals surface area contributed by atoms with Crippen molar-refractivity contribution >= 4 is 20.0 Å². The number of hydrogen-bond acceptors (Lipinski definition) is 5. The van der Waals surface area contributed by atoms with E-state index in [0.717, 1.165) is 19.1 Å². The molecule has 0 radical (unpaired) electrons. The molecule has 9 heteroatoms. The fraction of sp³-hybridized carbons (Fsp3) is 1.00. The fourth-order valence-electron chi connectivity index (χ4n) is 2.13. The van der Waals surface area contributed by atoms with Crippen LogP contribution in [-0.4, -0.2) is 66.4 Å². The molecule has 1 rings (SSSR count). The van der Waals surface area contributed by atoms with E-state index in [0.29, 0.717) is 38.6 Å². The van der Waals surface area contributed by atoms with Crippen LogP contribution in [0.3, 0.4) is 0 Å². The summed E-state index contributed by atoms with van der Waals surface area (Å²) in [4.78, 5) is 0. The molecule has 0 saturated carbocycles. The summed E-state index contributed by atoms with van der Waals surface area (Å²) in [6, 6.07) is 0. The molecule has 114 valence electrons. The lowest BCUT2D eigenvalue weighted by molar-refractivity contribution is 0.262. The van der Waals surface area contributed by atoms with Gasteiger partial charge in [0.05, 0.1) is 12.5 Å². The molecule has 2 N–H and O–H groups in total. The first kappa shape index (κ1) is 16.8. The van der Waals surface area contributed by atoms with Gasteiger partial charge in [-0.2, -0.15) is 0 Å². The van der Waals surface area contributed by atoms with Crippen LogP contribution in [0.4, 0.5) is 0 Å². The maximum Gasteiger partial charge on any atom is 0.211 e. The minimum atomic E-state index is -3.14. The van der Waals surface area contributed by atoms with Crippen molar-refractivity contribution in [3.63, 3.8) is 0 Å². The Morgan fingerprint density at radius 1 is 1.16 bits per heavy atom. The van der Waals surface area contributed by atoms with Crippen LogP contribution in [-0.2, 0) is 20.0 Å². The summed E-state index contributed by atoms with van der Waals surface area (Å²) in [7, 11) is -6.23. The van der Waals surface area contributed by atoms with Crippen LogP contribution in [0.1, 0.15) is 12.8 Å². The van der Waals surface area contributed by atoms with Gasteiger partial charge in [-0.05, 0) is 25.3 Å². The van der Waals surface area contributed by atoms with E-state index in [9.17, 15) is 16.8 Å². The van der Waals surface area contributed by atoms with Gasteiger partial charge in [0.15, 0.2) is 0 Å². The van der Waals surface area contributed by atoms with Crippen LogP contribution < -0.4 is 10.0 Å². The van der Waals surface area contributed by atoms with Gasteiger partial charge in [-0.1, -0.05) is 0 Å². The van der Waals surface area contributed by atoms with Gasteiger partial charge in [-0.15, -0.1) is 0 Å². The van der Waals surface area contributed by atoms with Crippen LogP contribution in [0.2, 0.25) is 0 Å². The Bertz CT molecular complexity index is 475. The molecule has 1 aliphatic heterocycles. The highest BCUT2D eigenvalue weighted by atomic mass is 32.2. The van der Waals surface area contributed by atoms with Crippen molar-refractivity contribution in [1.82, 2.24) is 14.3 Å². The maximum atomic E-state index is 11.4. The molecular formula is C10H23N3O4S2. The van der Waals surface area contributed by atoms with Gasteiger partial charge in [0.2, 0.25) is 20.0 Å². The van der Waals surface area contributed by atoms with Gasteiger partial charge in [-0.3, -0.25) is 0 Å². The zero-order chi connectivity index (χ0) is 14.5. The molecule has 0 aliphatic carbocycles. The van der Waals surface area contributed by atoms with Crippen molar-refractivity contribution in [3.8, 4) is 0 Å². The molecule has 7 nitrogen and oxygen atoms in total. The summed E-state index contributed by atoms with van der Waals surface area (Å²) in [5.41, 5.74) is 0. The third-order valence-electron chi connectivity index (χ3n) is 3.05. The van der Waals surface area contributed by atoms with Crippen LogP contribution in [0, 0.1) is 5.92 Å². The summed E-state index contributed by atoms with van der Waals surface area (Å²) in [5, 5.41) is 3.15. The number of nitrogens with one attached hydrogen (secondary N) is 2. The zero-order valence-electron chi connectivity index (χ0n) is 11.4. The number of hydrogen-bond donors (Lipinski definition) is 2. The first-order valence-corrected chi connectivity index (χ1v) is 10.0. The minimum absolute atomic E-state index is 0.293. The molecule has 0 bridgehead atoms. The lowest BCUT2D eigenvalue weighted by atomic mass is 10.00. The van der Waals surface area contributed by atoms with Crippen LogP contribution in [0.5, 0.6) is 0 Å². The second-order valence-electron chi connectivity index (χ2n) is 5.00. The van der Waals surface area contributed by atoms with Crippen LogP contribution >= 0.6 is 0 Å². The molecule has 0 aromatic heterocycles. The van der Waals surface area contributed by atoms with Crippen molar-refractivity contribution < 1.29 is 16.8 Å². The summed E-state index contributed by atoms with van der Waals surface area (Å²) in [6.07, 6.45) is 4.23. The van der Waals surface area contributed by atoms with E-state index in [-0.39, 0.29) is 0 Å². The van der Waals surface area contributed by atoms with Crippen molar-refractivity contribution in [2.24, 2.45) is 5.92 Å². The highest BCUT2D eigenvalue weighted by Gasteiger charge is 2.25. The molecule has 1 heterocycles. The minimum Gasteiger partial charge on any atom is -0.315 e. The molecule has 1 atom stereocenters. The number of sulfonamides is 2.